The molecule has 0 aromatic rings. The number of hydrogen-bond acceptors (Lipinski definition) is 9. The van der Waals surface area contributed by atoms with E-state index in [0.717, 1.165) is 0 Å². The fourth-order valence-corrected chi connectivity index (χ4v) is 2.79. The van der Waals surface area contributed by atoms with Crippen LogP contribution in [0.25, 0.3) is 0 Å². The van der Waals surface area contributed by atoms with E-state index in [4.69, 9.17) is 22.3 Å². The van der Waals surface area contributed by atoms with Crippen molar-refractivity contribution in [1.29, 1.82) is 0 Å². The third kappa shape index (κ3) is 16.0. The van der Waals surface area contributed by atoms with E-state index < -0.39 is 60.7 Å². The summed E-state index contributed by atoms with van der Waals surface area (Å²) in [4.78, 5) is 70.8. The second-order valence-corrected chi connectivity index (χ2v) is 7.62. The number of amides is 5. The predicted octanol–water partition coefficient (Wildman–Crippen LogP) is -4.39. The van der Waals surface area contributed by atoms with Crippen LogP contribution < -0.4 is 43.8 Å². The molecule has 0 saturated heterocycles. The zero-order valence-corrected chi connectivity index (χ0v) is 19.8. The quantitative estimate of drug-likeness (QED) is 0.0765. The van der Waals surface area contributed by atoms with Crippen molar-refractivity contribution in [3.8, 4) is 0 Å². The summed E-state index contributed by atoms with van der Waals surface area (Å²) >= 11 is 0. The Hall–Kier alpha value is -3.30. The van der Waals surface area contributed by atoms with Gasteiger partial charge in [0.15, 0.2) is 0 Å². The van der Waals surface area contributed by atoms with Gasteiger partial charge in [0.05, 0.1) is 26.2 Å². The molecule has 0 radical (unpaired) electrons. The first-order valence-electron chi connectivity index (χ1n) is 11.4. The average molecular weight is 503 g/mol. The number of unbranched alkanes of at least 4 members (excludes halogenated alkanes) is 2. The van der Waals surface area contributed by atoms with Crippen LogP contribution in [0.4, 0.5) is 0 Å². The van der Waals surface area contributed by atoms with Crippen LogP contribution in [0.5, 0.6) is 0 Å². The number of nitrogens with one attached hydrogen (secondary N) is 5. The Bertz CT molecular complexity index is 720. The van der Waals surface area contributed by atoms with Crippen molar-refractivity contribution < 1.29 is 33.9 Å². The molecule has 0 aromatic carbocycles. The number of carbonyl (C=O) groups is 6. The Morgan fingerprint density at radius 3 is 1.54 bits per heavy atom. The lowest BCUT2D eigenvalue weighted by Crippen LogP contribution is -2.52. The fraction of sp³-hybridized carbons (Fsp3) is 0.700. The highest BCUT2D eigenvalue weighted by Gasteiger charge is 2.22. The van der Waals surface area contributed by atoms with Crippen LogP contribution >= 0.6 is 0 Å². The molecule has 15 nitrogen and oxygen atoms in total. The third-order valence-electron chi connectivity index (χ3n) is 4.68. The van der Waals surface area contributed by atoms with Crippen molar-refractivity contribution in [3.05, 3.63) is 0 Å². The van der Waals surface area contributed by atoms with E-state index in [2.05, 4.69) is 26.6 Å². The zero-order valence-electron chi connectivity index (χ0n) is 19.8. The van der Waals surface area contributed by atoms with Gasteiger partial charge in [0.2, 0.25) is 29.5 Å². The van der Waals surface area contributed by atoms with E-state index in [1.165, 1.54) is 0 Å². The van der Waals surface area contributed by atoms with E-state index >= 15 is 0 Å². The lowest BCUT2D eigenvalue weighted by Gasteiger charge is -2.18. The standard InChI is InChI=1S/C20H38N8O7/c21-7-3-1-5-13(27-17(31)11-24-15(29)9-23)19(33)26-10-16(30)25-12-18(32)28-14(20(34)35)6-2-4-8-22/h13-14H,1-12,21-23H2,(H,24,29)(H,25,30)(H,26,33)(H,27,31)(H,28,32)(H,34,35). The number of nitrogens with two attached hydrogens (primary N) is 3. The van der Waals surface area contributed by atoms with Crippen LogP contribution in [0.15, 0.2) is 0 Å². The highest BCUT2D eigenvalue weighted by Crippen LogP contribution is 2.02. The second-order valence-electron chi connectivity index (χ2n) is 7.62. The van der Waals surface area contributed by atoms with Crippen molar-refractivity contribution in [2.45, 2.75) is 50.6 Å². The normalized spacial score (nSPS) is 12.1. The van der Waals surface area contributed by atoms with Crippen LogP contribution in [0.3, 0.4) is 0 Å². The highest BCUT2D eigenvalue weighted by atomic mass is 16.4. The number of aliphatic carboxylic acids is 1. The van der Waals surface area contributed by atoms with Gasteiger partial charge in [0.1, 0.15) is 12.1 Å². The van der Waals surface area contributed by atoms with Gasteiger partial charge in [-0.3, -0.25) is 24.0 Å². The topological polar surface area (TPSA) is 261 Å². The monoisotopic (exact) mass is 502 g/mol. The summed E-state index contributed by atoms with van der Waals surface area (Å²) in [6, 6.07) is -2.07. The molecule has 0 bridgehead atoms. The Morgan fingerprint density at radius 1 is 0.600 bits per heavy atom. The highest BCUT2D eigenvalue weighted by molar-refractivity contribution is 5.93. The van der Waals surface area contributed by atoms with Gasteiger partial charge in [-0.1, -0.05) is 0 Å². The van der Waals surface area contributed by atoms with Crippen molar-refractivity contribution in [1.82, 2.24) is 26.6 Å². The summed E-state index contributed by atoms with van der Waals surface area (Å²) < 4.78 is 0. The molecule has 35 heavy (non-hydrogen) atoms. The number of carboxylic acid groups (broad SMARTS) is 1. The van der Waals surface area contributed by atoms with Crippen LogP contribution in [-0.4, -0.2) is 92.0 Å². The van der Waals surface area contributed by atoms with Crippen molar-refractivity contribution in [2.24, 2.45) is 17.2 Å². The summed E-state index contributed by atoms with van der Waals surface area (Å²) in [5.41, 5.74) is 16.0. The van der Waals surface area contributed by atoms with Crippen molar-refractivity contribution in [3.63, 3.8) is 0 Å². The van der Waals surface area contributed by atoms with Gasteiger partial charge in [0.25, 0.3) is 0 Å². The summed E-state index contributed by atoms with van der Waals surface area (Å²) in [5, 5.41) is 20.9. The molecule has 0 aliphatic carbocycles. The summed E-state index contributed by atoms with van der Waals surface area (Å²) in [7, 11) is 0. The molecule has 0 spiro atoms. The maximum absolute atomic E-state index is 12.5. The Morgan fingerprint density at radius 2 is 1.06 bits per heavy atom. The molecular weight excluding hydrogens is 464 g/mol. The summed E-state index contributed by atoms with van der Waals surface area (Å²) in [5.74, 6) is -4.36. The number of carboxylic acids is 1. The molecule has 0 heterocycles. The Balaban J connectivity index is 4.59. The molecule has 0 rings (SSSR count). The first-order valence-corrected chi connectivity index (χ1v) is 11.4. The van der Waals surface area contributed by atoms with Crippen LogP contribution in [0.2, 0.25) is 0 Å². The summed E-state index contributed by atoms with van der Waals surface area (Å²) in [6.07, 6.45) is 2.75. The first-order chi connectivity index (χ1) is 16.6. The van der Waals surface area contributed by atoms with Crippen LogP contribution in [0, 0.1) is 0 Å². The van der Waals surface area contributed by atoms with Gasteiger partial charge >= 0.3 is 5.97 Å². The molecule has 0 saturated carbocycles. The van der Waals surface area contributed by atoms with E-state index in [0.29, 0.717) is 38.8 Å². The third-order valence-corrected chi connectivity index (χ3v) is 4.68. The van der Waals surface area contributed by atoms with E-state index in [9.17, 15) is 28.8 Å². The maximum Gasteiger partial charge on any atom is 0.326 e. The van der Waals surface area contributed by atoms with Gasteiger partial charge in [-0.05, 0) is 51.6 Å². The molecule has 0 aliphatic heterocycles. The molecule has 15 heteroatoms. The minimum Gasteiger partial charge on any atom is -0.480 e. The van der Waals surface area contributed by atoms with Gasteiger partial charge in [-0.2, -0.15) is 0 Å². The average Bonchev–Trinajstić information content (AvgIpc) is 2.83. The lowest BCUT2D eigenvalue weighted by atomic mass is 10.1. The van der Waals surface area contributed by atoms with Crippen molar-refractivity contribution >= 4 is 35.5 Å². The SMILES string of the molecule is NCCCCC(NC(=O)CNC(=O)CNC(=O)C(CCCCN)NC(=O)CNC(=O)CN)C(=O)O. The predicted molar refractivity (Wildman–Crippen MR) is 125 cm³/mol. The molecule has 0 fully saturated rings. The second kappa shape index (κ2) is 19.1. The summed E-state index contributed by atoms with van der Waals surface area (Å²) in [6.45, 7) is -0.799. The molecule has 0 aromatic heterocycles. The van der Waals surface area contributed by atoms with Gasteiger partial charge in [-0.25, -0.2) is 4.79 Å². The zero-order chi connectivity index (χ0) is 26.6. The largest absolute Gasteiger partial charge is 0.480 e. The smallest absolute Gasteiger partial charge is 0.326 e. The molecule has 0 aliphatic rings. The molecule has 2 unspecified atom stereocenters. The number of hydrogen-bond donors (Lipinski definition) is 9. The number of rotatable bonds is 19. The molecule has 5 amide bonds. The van der Waals surface area contributed by atoms with Crippen LogP contribution in [0.1, 0.15) is 38.5 Å². The molecule has 12 N–H and O–H groups in total. The Kier molecular flexibility index (Phi) is 17.3. The number of carbonyl (C=O) groups excluding carboxylic acids is 5. The van der Waals surface area contributed by atoms with Gasteiger partial charge < -0.3 is 48.9 Å². The minimum atomic E-state index is -1.20. The minimum absolute atomic E-state index is 0.204. The molecule has 200 valence electrons. The first kappa shape index (κ1) is 31.7. The van der Waals surface area contributed by atoms with Gasteiger partial charge in [0, 0.05) is 0 Å². The van der Waals surface area contributed by atoms with Crippen LogP contribution in [-0.2, 0) is 28.8 Å². The Labute approximate surface area is 203 Å². The fourth-order valence-electron chi connectivity index (χ4n) is 2.79. The van der Waals surface area contributed by atoms with Gasteiger partial charge in [-0.15, -0.1) is 0 Å². The molecular formula is C20H38N8O7. The maximum atomic E-state index is 12.5. The van der Waals surface area contributed by atoms with E-state index in [1.807, 2.05) is 0 Å². The van der Waals surface area contributed by atoms with E-state index in [1.54, 1.807) is 0 Å². The van der Waals surface area contributed by atoms with E-state index in [-0.39, 0.29) is 25.9 Å². The lowest BCUT2D eigenvalue weighted by molar-refractivity contribution is -0.142. The van der Waals surface area contributed by atoms with Crippen molar-refractivity contribution in [2.75, 3.05) is 39.3 Å². The molecule has 2 atom stereocenters.